The molecule has 0 bridgehead atoms. The van der Waals surface area contributed by atoms with Gasteiger partial charge in [-0.05, 0) is 45.5 Å². The SMILES string of the molecule is CC(Sc1cccc[n+]1[O-])C(=O)NC(=O)NC(C)(C)C. The maximum absolute atomic E-state index is 11.9. The molecule has 1 heterocycles. The number of imide groups is 1. The molecule has 1 atom stereocenters. The molecule has 0 radical (unpaired) electrons. The summed E-state index contributed by atoms with van der Waals surface area (Å²) in [5, 5.41) is 16.2. The minimum atomic E-state index is -0.552. The normalized spacial score (nSPS) is 12.6. The molecule has 20 heavy (non-hydrogen) atoms. The zero-order chi connectivity index (χ0) is 15.3. The number of nitrogens with one attached hydrogen (secondary N) is 2. The summed E-state index contributed by atoms with van der Waals surface area (Å²) in [6, 6.07) is 4.40. The summed E-state index contributed by atoms with van der Waals surface area (Å²) >= 11 is 1.10. The van der Waals surface area contributed by atoms with Crippen molar-refractivity contribution < 1.29 is 14.3 Å². The van der Waals surface area contributed by atoms with Gasteiger partial charge in [-0.3, -0.25) is 10.1 Å². The van der Waals surface area contributed by atoms with E-state index in [1.807, 2.05) is 20.8 Å². The van der Waals surface area contributed by atoms with Crippen LogP contribution in [-0.4, -0.2) is 22.7 Å². The second-order valence-corrected chi connectivity index (χ2v) is 6.68. The van der Waals surface area contributed by atoms with Crippen LogP contribution in [0.2, 0.25) is 0 Å². The Morgan fingerprint density at radius 2 is 2.00 bits per heavy atom. The van der Waals surface area contributed by atoms with E-state index in [-0.39, 0.29) is 0 Å². The lowest BCUT2D eigenvalue weighted by atomic mass is 10.1. The number of urea groups is 1. The average molecular weight is 297 g/mol. The second-order valence-electron chi connectivity index (χ2n) is 5.32. The number of pyridine rings is 1. The first-order valence-corrected chi connectivity index (χ1v) is 7.05. The highest BCUT2D eigenvalue weighted by atomic mass is 32.2. The zero-order valence-electron chi connectivity index (χ0n) is 12.0. The molecular formula is C13H19N3O3S. The first kappa shape index (κ1) is 16.3. The van der Waals surface area contributed by atoms with Crippen molar-refractivity contribution in [3.8, 4) is 0 Å². The number of aromatic nitrogens is 1. The molecule has 0 aliphatic carbocycles. The molecule has 0 saturated heterocycles. The van der Waals surface area contributed by atoms with E-state index in [4.69, 9.17) is 0 Å². The fraction of sp³-hybridized carbons (Fsp3) is 0.462. The summed E-state index contributed by atoms with van der Waals surface area (Å²) in [5.74, 6) is -0.444. The summed E-state index contributed by atoms with van der Waals surface area (Å²) in [6.45, 7) is 7.09. The predicted molar refractivity (Wildman–Crippen MR) is 77.1 cm³/mol. The molecule has 1 aromatic heterocycles. The van der Waals surface area contributed by atoms with Gasteiger partial charge >= 0.3 is 6.03 Å². The molecule has 7 heteroatoms. The van der Waals surface area contributed by atoms with E-state index < -0.39 is 22.7 Å². The Balaban J connectivity index is 2.56. The number of carbonyl (C=O) groups excluding carboxylic acids is 2. The van der Waals surface area contributed by atoms with Crippen LogP contribution in [0.15, 0.2) is 29.4 Å². The van der Waals surface area contributed by atoms with Crippen LogP contribution in [0.1, 0.15) is 27.7 Å². The molecule has 0 fully saturated rings. The Labute approximate surface area is 122 Å². The summed E-state index contributed by atoms with van der Waals surface area (Å²) in [5.41, 5.74) is -0.418. The number of thioether (sulfide) groups is 1. The van der Waals surface area contributed by atoms with Gasteiger partial charge in [-0.1, -0.05) is 0 Å². The van der Waals surface area contributed by atoms with Gasteiger partial charge in [0, 0.05) is 17.7 Å². The highest BCUT2D eigenvalue weighted by Gasteiger charge is 2.22. The van der Waals surface area contributed by atoms with Gasteiger partial charge in [0.2, 0.25) is 5.91 Å². The fourth-order valence-corrected chi connectivity index (χ4v) is 2.17. The van der Waals surface area contributed by atoms with Crippen LogP contribution in [0, 0.1) is 5.21 Å². The van der Waals surface area contributed by atoms with Gasteiger partial charge in [-0.2, -0.15) is 4.73 Å². The Morgan fingerprint density at radius 3 is 2.55 bits per heavy atom. The van der Waals surface area contributed by atoms with Crippen molar-refractivity contribution in [1.29, 1.82) is 0 Å². The van der Waals surface area contributed by atoms with Crippen LogP contribution >= 0.6 is 11.8 Å². The van der Waals surface area contributed by atoms with Crippen LogP contribution in [0.3, 0.4) is 0 Å². The van der Waals surface area contributed by atoms with E-state index in [0.29, 0.717) is 9.76 Å². The molecule has 110 valence electrons. The van der Waals surface area contributed by atoms with Crippen molar-refractivity contribution >= 4 is 23.7 Å². The van der Waals surface area contributed by atoms with E-state index in [2.05, 4.69) is 10.6 Å². The highest BCUT2D eigenvalue weighted by Crippen LogP contribution is 2.19. The topological polar surface area (TPSA) is 85.1 Å². The molecule has 0 saturated carbocycles. The molecular weight excluding hydrogens is 278 g/mol. The predicted octanol–water partition coefficient (Wildman–Crippen LogP) is 1.42. The average Bonchev–Trinajstić information content (AvgIpc) is 2.29. The summed E-state index contributed by atoms with van der Waals surface area (Å²) in [4.78, 5) is 23.4. The molecule has 3 amide bonds. The smallest absolute Gasteiger partial charge is 0.321 e. The van der Waals surface area contributed by atoms with Gasteiger partial charge in [0.1, 0.15) is 0 Å². The van der Waals surface area contributed by atoms with E-state index in [1.165, 1.54) is 6.20 Å². The molecule has 0 aromatic carbocycles. The van der Waals surface area contributed by atoms with Crippen LogP contribution in [0.25, 0.3) is 0 Å². The molecule has 1 aromatic rings. The van der Waals surface area contributed by atoms with Crippen LogP contribution < -0.4 is 15.4 Å². The number of hydrogen-bond donors (Lipinski definition) is 2. The summed E-state index contributed by atoms with van der Waals surface area (Å²) in [6.07, 6.45) is 1.36. The van der Waals surface area contributed by atoms with E-state index >= 15 is 0 Å². The van der Waals surface area contributed by atoms with E-state index in [9.17, 15) is 14.8 Å². The highest BCUT2D eigenvalue weighted by molar-refractivity contribution is 8.00. The van der Waals surface area contributed by atoms with Gasteiger partial charge in [0.25, 0.3) is 5.03 Å². The van der Waals surface area contributed by atoms with Gasteiger partial charge < -0.3 is 10.5 Å². The van der Waals surface area contributed by atoms with Crippen molar-refractivity contribution in [3.63, 3.8) is 0 Å². The Kier molecular flexibility index (Phi) is 5.38. The maximum atomic E-state index is 11.9. The first-order chi connectivity index (χ1) is 9.19. The van der Waals surface area contributed by atoms with Crippen molar-refractivity contribution in [1.82, 2.24) is 10.6 Å². The van der Waals surface area contributed by atoms with Crippen molar-refractivity contribution in [2.45, 2.75) is 43.5 Å². The number of amides is 3. The third-order valence-electron chi connectivity index (χ3n) is 2.18. The lowest BCUT2D eigenvalue weighted by Gasteiger charge is -2.21. The fourth-order valence-electron chi connectivity index (χ4n) is 1.32. The van der Waals surface area contributed by atoms with Gasteiger partial charge in [-0.25, -0.2) is 4.79 Å². The molecule has 1 unspecified atom stereocenters. The van der Waals surface area contributed by atoms with Crippen molar-refractivity contribution in [2.75, 3.05) is 0 Å². The van der Waals surface area contributed by atoms with Crippen LogP contribution in [0.5, 0.6) is 0 Å². The number of nitrogens with zero attached hydrogens (tertiary/aromatic N) is 1. The van der Waals surface area contributed by atoms with Gasteiger partial charge in [0.15, 0.2) is 6.20 Å². The molecule has 2 N–H and O–H groups in total. The number of rotatable bonds is 3. The lowest BCUT2D eigenvalue weighted by Crippen LogP contribution is -2.49. The quantitative estimate of drug-likeness (QED) is 0.502. The lowest BCUT2D eigenvalue weighted by molar-refractivity contribution is -0.645. The van der Waals surface area contributed by atoms with Crippen molar-refractivity contribution in [2.24, 2.45) is 0 Å². The third kappa shape index (κ3) is 5.48. The van der Waals surface area contributed by atoms with Gasteiger partial charge in [0.05, 0.1) is 5.25 Å². The summed E-state index contributed by atoms with van der Waals surface area (Å²) < 4.78 is 0.684. The maximum Gasteiger partial charge on any atom is 0.321 e. The first-order valence-electron chi connectivity index (χ1n) is 6.17. The second kappa shape index (κ2) is 6.60. The number of hydrogen-bond acceptors (Lipinski definition) is 4. The molecule has 0 aliphatic heterocycles. The Bertz CT molecular complexity index is 500. The standard InChI is InChI=1S/C13H19N3O3S/c1-9(20-10-7-5-6-8-16(10)19)11(17)14-12(18)15-13(2,3)4/h5-9H,1-4H3,(H2,14,15,17,18). The Hall–Kier alpha value is -1.76. The van der Waals surface area contributed by atoms with Crippen molar-refractivity contribution in [3.05, 3.63) is 29.6 Å². The van der Waals surface area contributed by atoms with Crippen LogP contribution in [0.4, 0.5) is 4.79 Å². The monoisotopic (exact) mass is 297 g/mol. The molecule has 1 rings (SSSR count). The molecule has 0 spiro atoms. The molecule has 0 aliphatic rings. The Morgan fingerprint density at radius 1 is 1.35 bits per heavy atom. The minimum Gasteiger partial charge on any atom is -0.618 e. The third-order valence-corrected chi connectivity index (χ3v) is 3.31. The number of carbonyl (C=O) groups is 2. The largest absolute Gasteiger partial charge is 0.618 e. The minimum absolute atomic E-state index is 0.409. The summed E-state index contributed by atoms with van der Waals surface area (Å²) in [7, 11) is 0. The van der Waals surface area contributed by atoms with Gasteiger partial charge in [-0.15, -0.1) is 0 Å². The van der Waals surface area contributed by atoms with E-state index in [1.54, 1.807) is 25.1 Å². The van der Waals surface area contributed by atoms with Crippen LogP contribution in [-0.2, 0) is 4.79 Å². The zero-order valence-corrected chi connectivity index (χ0v) is 12.8. The van der Waals surface area contributed by atoms with E-state index in [0.717, 1.165) is 11.8 Å². The molecule has 6 nitrogen and oxygen atoms in total.